The Kier molecular flexibility index (Phi) is 3.44. The molecule has 0 bridgehead atoms. The van der Waals surface area contributed by atoms with Crippen LogP contribution in [0.5, 0.6) is 0 Å². The minimum Gasteiger partial charge on any atom is -0.459 e. The van der Waals surface area contributed by atoms with Crippen LogP contribution in [0.15, 0.2) is 59.3 Å². The monoisotopic (exact) mass is 282 g/mol. The summed E-state index contributed by atoms with van der Waals surface area (Å²) in [5.41, 5.74) is 3.28. The number of para-hydroxylation sites is 2. The molecule has 0 radical (unpaired) electrons. The van der Waals surface area contributed by atoms with Crippen molar-refractivity contribution in [3.05, 3.63) is 60.5 Å². The highest BCUT2D eigenvalue weighted by molar-refractivity contribution is 5.89. The van der Waals surface area contributed by atoms with Gasteiger partial charge in [-0.1, -0.05) is 12.1 Å². The van der Waals surface area contributed by atoms with Gasteiger partial charge in [0.1, 0.15) is 0 Å². The summed E-state index contributed by atoms with van der Waals surface area (Å²) in [6.07, 6.45) is 1.54. The molecule has 3 rings (SSSR count). The quantitative estimate of drug-likeness (QED) is 0.547. The van der Waals surface area contributed by atoms with Crippen molar-refractivity contribution in [2.45, 2.75) is 20.0 Å². The highest BCUT2D eigenvalue weighted by Crippen LogP contribution is 2.13. The molecular weight excluding hydrogens is 266 g/mol. The Morgan fingerprint density at radius 1 is 1.10 bits per heavy atom. The largest absolute Gasteiger partial charge is 0.459 e. The summed E-state index contributed by atoms with van der Waals surface area (Å²) in [7, 11) is 0. The third kappa shape index (κ3) is 2.65. The van der Waals surface area contributed by atoms with E-state index < -0.39 is 0 Å². The third-order valence-electron chi connectivity index (χ3n) is 3.13. The number of carbonyl (C=O) groups is 1. The summed E-state index contributed by atoms with van der Waals surface area (Å²) in [5.74, 6) is -0.307. The maximum absolute atomic E-state index is 11.8. The van der Waals surface area contributed by atoms with Crippen molar-refractivity contribution >= 4 is 17.1 Å². The highest BCUT2D eigenvalue weighted by atomic mass is 16.5. The first kappa shape index (κ1) is 13.4. The first-order valence-electron chi connectivity index (χ1n) is 6.84. The predicted octanol–water partition coefficient (Wildman–Crippen LogP) is 3.27. The van der Waals surface area contributed by atoms with Crippen LogP contribution >= 0.6 is 0 Å². The lowest BCUT2D eigenvalue weighted by Crippen LogP contribution is -2.28. The van der Waals surface area contributed by atoms with Gasteiger partial charge in [0.15, 0.2) is 0 Å². The smallest absolute Gasteiger partial charge is 0.341 e. The molecule has 1 heterocycles. The number of hydrogen-bond donors (Lipinski definition) is 0. The molecule has 0 N–H and O–H groups in total. The topological polar surface area (TPSA) is 43.3 Å². The molecule has 1 aromatic heterocycles. The fraction of sp³-hybridized carbons (Fsp3) is 0.176. The Morgan fingerprint density at radius 3 is 2.52 bits per heavy atom. The maximum atomic E-state index is 11.8. The van der Waals surface area contributed by atoms with Crippen molar-refractivity contribution in [1.29, 1.82) is 0 Å². The molecule has 0 saturated carbocycles. The van der Waals surface area contributed by atoms with E-state index in [-0.39, 0.29) is 12.1 Å². The van der Waals surface area contributed by atoms with Crippen molar-refractivity contribution < 1.29 is 18.5 Å². The first-order chi connectivity index (χ1) is 10.1. The van der Waals surface area contributed by atoms with E-state index in [1.165, 1.54) is 0 Å². The van der Waals surface area contributed by atoms with E-state index in [9.17, 15) is 4.79 Å². The van der Waals surface area contributed by atoms with Crippen molar-refractivity contribution in [3.8, 4) is 5.69 Å². The van der Waals surface area contributed by atoms with E-state index >= 15 is 0 Å². The number of esters is 1. The summed E-state index contributed by atoms with van der Waals surface area (Å²) in [6, 6.07) is 15.1. The molecule has 0 unspecified atom stereocenters. The van der Waals surface area contributed by atoms with Crippen LogP contribution in [-0.4, -0.2) is 12.1 Å². The number of oxazole rings is 1. The SMILES string of the molecule is CC(C)OC(=O)c1ccc(-[n+]2coc3ccccc32)cc1. The Hall–Kier alpha value is -2.62. The standard InChI is InChI=1S/C17H16NO3/c1-12(2)21-17(19)13-7-9-14(10-8-13)18-11-20-16-6-4-3-5-15(16)18/h3-12H,1-2H3/q+1. The van der Waals surface area contributed by atoms with Crippen LogP contribution in [0.2, 0.25) is 0 Å². The van der Waals surface area contributed by atoms with Crippen molar-refractivity contribution in [2.75, 3.05) is 0 Å². The molecular formula is C17H16NO3+. The molecule has 2 aromatic carbocycles. The van der Waals surface area contributed by atoms with Gasteiger partial charge in [-0.15, -0.1) is 4.57 Å². The molecule has 0 atom stereocenters. The van der Waals surface area contributed by atoms with Gasteiger partial charge in [-0.2, -0.15) is 0 Å². The molecule has 0 aliphatic heterocycles. The number of hydrogen-bond acceptors (Lipinski definition) is 3. The van der Waals surface area contributed by atoms with Gasteiger partial charge in [0.05, 0.1) is 11.7 Å². The maximum Gasteiger partial charge on any atom is 0.341 e. The molecule has 3 aromatic rings. The Bertz CT molecular complexity index is 772. The van der Waals surface area contributed by atoms with Crippen molar-refractivity contribution in [1.82, 2.24) is 0 Å². The normalized spacial score (nSPS) is 11.0. The van der Waals surface area contributed by atoms with Gasteiger partial charge in [-0.25, -0.2) is 4.79 Å². The van der Waals surface area contributed by atoms with E-state index in [0.717, 1.165) is 16.8 Å². The van der Waals surface area contributed by atoms with Crippen LogP contribution in [0.1, 0.15) is 24.2 Å². The van der Waals surface area contributed by atoms with Gasteiger partial charge in [-0.05, 0) is 32.0 Å². The zero-order valence-electron chi connectivity index (χ0n) is 11.9. The van der Waals surface area contributed by atoms with Gasteiger partial charge in [0.25, 0.3) is 5.52 Å². The predicted molar refractivity (Wildman–Crippen MR) is 78.3 cm³/mol. The minimum atomic E-state index is -0.307. The fourth-order valence-electron chi connectivity index (χ4n) is 2.16. The Labute approximate surface area is 122 Å². The molecule has 0 amide bonds. The van der Waals surface area contributed by atoms with Gasteiger partial charge in [0, 0.05) is 18.2 Å². The lowest BCUT2D eigenvalue weighted by molar-refractivity contribution is -0.573. The van der Waals surface area contributed by atoms with Gasteiger partial charge in [-0.3, -0.25) is 0 Å². The second-order valence-electron chi connectivity index (χ2n) is 5.06. The number of benzene rings is 2. The summed E-state index contributed by atoms with van der Waals surface area (Å²) >= 11 is 0. The number of carbonyl (C=O) groups excluding carboxylic acids is 1. The number of ether oxygens (including phenoxy) is 1. The van der Waals surface area contributed by atoms with Gasteiger partial charge >= 0.3 is 12.4 Å². The third-order valence-corrected chi connectivity index (χ3v) is 3.13. The summed E-state index contributed by atoms with van der Waals surface area (Å²) in [4.78, 5) is 11.8. The van der Waals surface area contributed by atoms with Crippen LogP contribution in [0, 0.1) is 0 Å². The molecule has 0 spiro atoms. The van der Waals surface area contributed by atoms with E-state index in [1.807, 2.05) is 54.8 Å². The van der Waals surface area contributed by atoms with Crippen LogP contribution in [0.4, 0.5) is 0 Å². The van der Waals surface area contributed by atoms with Crippen molar-refractivity contribution in [2.24, 2.45) is 0 Å². The summed E-state index contributed by atoms with van der Waals surface area (Å²) in [6.45, 7) is 3.67. The molecule has 0 fully saturated rings. The van der Waals surface area contributed by atoms with E-state index in [2.05, 4.69) is 0 Å². The molecule has 4 heteroatoms. The van der Waals surface area contributed by atoms with Gasteiger partial charge in [0.2, 0.25) is 11.3 Å². The van der Waals surface area contributed by atoms with Crippen LogP contribution in [-0.2, 0) is 4.74 Å². The van der Waals surface area contributed by atoms with Gasteiger partial charge < -0.3 is 9.15 Å². The first-order valence-corrected chi connectivity index (χ1v) is 6.84. The zero-order valence-corrected chi connectivity index (χ0v) is 11.9. The molecule has 21 heavy (non-hydrogen) atoms. The van der Waals surface area contributed by atoms with Crippen LogP contribution in [0.25, 0.3) is 16.8 Å². The number of fused-ring (bicyclic) bond motifs is 1. The van der Waals surface area contributed by atoms with Crippen LogP contribution in [0.3, 0.4) is 0 Å². The second-order valence-corrected chi connectivity index (χ2v) is 5.06. The average Bonchev–Trinajstić information content (AvgIpc) is 2.90. The minimum absolute atomic E-state index is 0.121. The highest BCUT2D eigenvalue weighted by Gasteiger charge is 2.16. The lowest BCUT2D eigenvalue weighted by atomic mass is 10.2. The average molecular weight is 282 g/mol. The molecule has 0 saturated heterocycles. The lowest BCUT2D eigenvalue weighted by Gasteiger charge is -2.07. The molecule has 0 aliphatic rings. The second kappa shape index (κ2) is 5.40. The Morgan fingerprint density at radius 2 is 1.81 bits per heavy atom. The van der Waals surface area contributed by atoms with E-state index in [4.69, 9.17) is 9.15 Å². The number of aromatic nitrogens is 1. The van der Waals surface area contributed by atoms with E-state index in [1.54, 1.807) is 18.5 Å². The number of nitrogens with zero attached hydrogens (tertiary/aromatic N) is 1. The summed E-state index contributed by atoms with van der Waals surface area (Å²) < 4.78 is 12.6. The zero-order chi connectivity index (χ0) is 14.8. The number of rotatable bonds is 3. The van der Waals surface area contributed by atoms with Crippen molar-refractivity contribution in [3.63, 3.8) is 0 Å². The molecule has 106 valence electrons. The molecule has 4 nitrogen and oxygen atoms in total. The summed E-state index contributed by atoms with van der Waals surface area (Å²) in [5, 5.41) is 0. The Balaban J connectivity index is 1.92. The molecule has 0 aliphatic carbocycles. The van der Waals surface area contributed by atoms with E-state index in [0.29, 0.717) is 5.56 Å². The fourth-order valence-corrected chi connectivity index (χ4v) is 2.16. The van der Waals surface area contributed by atoms with Crippen LogP contribution < -0.4 is 4.57 Å².